The second kappa shape index (κ2) is 8.11. The number of hydrogen-bond acceptors (Lipinski definition) is 4. The predicted octanol–water partition coefficient (Wildman–Crippen LogP) is 3.89. The molecule has 0 aromatic heterocycles. The molecular weight excluding hydrogens is 334 g/mol. The molecule has 0 aliphatic carbocycles. The molecule has 134 valence electrons. The molecule has 1 aliphatic heterocycles. The van der Waals surface area contributed by atoms with Crippen molar-refractivity contribution >= 4 is 28.5 Å². The molecular formula is C20H25NO3S. The van der Waals surface area contributed by atoms with E-state index in [9.17, 15) is 9.90 Å². The first-order chi connectivity index (χ1) is 12.1. The van der Waals surface area contributed by atoms with Crippen molar-refractivity contribution in [3.05, 3.63) is 42.5 Å². The zero-order chi connectivity index (χ0) is 17.7. The Morgan fingerprint density at radius 3 is 2.60 bits per heavy atom. The normalized spacial score (nSPS) is 17.5. The van der Waals surface area contributed by atoms with Crippen LogP contribution in [0.4, 0.5) is 0 Å². The molecule has 0 spiro atoms. The molecule has 1 fully saturated rings. The van der Waals surface area contributed by atoms with Crippen LogP contribution in [-0.4, -0.2) is 53.2 Å². The maximum absolute atomic E-state index is 12.0. The van der Waals surface area contributed by atoms with E-state index < -0.39 is 11.6 Å². The molecule has 1 aliphatic rings. The Labute approximate surface area is 153 Å². The average molecular weight is 359 g/mol. The number of fused-ring (bicyclic) bond motifs is 1. The summed E-state index contributed by atoms with van der Waals surface area (Å²) in [7, 11) is 0. The van der Waals surface area contributed by atoms with Gasteiger partial charge in [-0.15, -0.1) is 0 Å². The molecule has 1 N–H and O–H groups in total. The minimum Gasteiger partial charge on any atom is -0.478 e. The summed E-state index contributed by atoms with van der Waals surface area (Å²) in [6.45, 7) is 2.58. The van der Waals surface area contributed by atoms with Gasteiger partial charge in [0.15, 0.2) is 0 Å². The van der Waals surface area contributed by atoms with Crippen molar-refractivity contribution in [3.63, 3.8) is 0 Å². The van der Waals surface area contributed by atoms with Gasteiger partial charge < -0.3 is 14.7 Å². The van der Waals surface area contributed by atoms with Gasteiger partial charge in [0.05, 0.1) is 0 Å². The average Bonchev–Trinajstić information content (AvgIpc) is 2.63. The summed E-state index contributed by atoms with van der Waals surface area (Å²) in [5.41, 5.74) is -1.11. The number of likely N-dealkylation sites (tertiary alicyclic amines) is 1. The first kappa shape index (κ1) is 18.1. The molecule has 0 bridgehead atoms. The molecule has 25 heavy (non-hydrogen) atoms. The zero-order valence-corrected chi connectivity index (χ0v) is 15.4. The predicted molar refractivity (Wildman–Crippen MR) is 104 cm³/mol. The monoisotopic (exact) mass is 359 g/mol. The number of rotatable bonds is 7. The Bertz CT molecular complexity index is 726. The zero-order valence-electron chi connectivity index (χ0n) is 14.6. The van der Waals surface area contributed by atoms with Crippen LogP contribution in [0.2, 0.25) is 0 Å². The van der Waals surface area contributed by atoms with Crippen molar-refractivity contribution in [3.8, 4) is 5.75 Å². The quantitative estimate of drug-likeness (QED) is 0.760. The van der Waals surface area contributed by atoms with E-state index in [0.717, 1.165) is 42.6 Å². The van der Waals surface area contributed by atoms with Gasteiger partial charge in [-0.25, -0.2) is 4.79 Å². The lowest BCUT2D eigenvalue weighted by molar-refractivity contribution is -0.159. The highest BCUT2D eigenvalue weighted by atomic mass is 32.2. The summed E-state index contributed by atoms with van der Waals surface area (Å²) in [6.07, 6.45) is 4.30. The number of thioether (sulfide) groups is 1. The van der Waals surface area contributed by atoms with E-state index >= 15 is 0 Å². The van der Waals surface area contributed by atoms with Gasteiger partial charge in [0, 0.05) is 25.9 Å². The molecule has 2 aromatic carbocycles. The van der Waals surface area contributed by atoms with Crippen LogP contribution in [0, 0.1) is 0 Å². The molecule has 0 radical (unpaired) electrons. The highest BCUT2D eigenvalue weighted by Crippen LogP contribution is 2.31. The lowest BCUT2D eigenvalue weighted by Crippen LogP contribution is -2.53. The topological polar surface area (TPSA) is 49.8 Å². The molecule has 0 unspecified atom stereocenters. The fourth-order valence-electron chi connectivity index (χ4n) is 3.39. The fourth-order valence-corrected chi connectivity index (χ4v) is 3.80. The number of aliphatic carboxylic acids is 1. The van der Waals surface area contributed by atoms with E-state index in [1.165, 1.54) is 0 Å². The second-order valence-corrected chi connectivity index (χ2v) is 7.58. The van der Waals surface area contributed by atoms with Crippen LogP contribution in [0.5, 0.6) is 5.75 Å². The summed E-state index contributed by atoms with van der Waals surface area (Å²) in [5.74, 6) is 0.926. The lowest BCUT2D eigenvalue weighted by Gasteiger charge is -2.39. The van der Waals surface area contributed by atoms with Crippen LogP contribution in [0.1, 0.15) is 19.3 Å². The number of hydrogen-bond donors (Lipinski definition) is 1. The van der Waals surface area contributed by atoms with Crippen molar-refractivity contribution in [1.29, 1.82) is 0 Å². The Morgan fingerprint density at radius 2 is 1.92 bits per heavy atom. The van der Waals surface area contributed by atoms with Crippen LogP contribution >= 0.6 is 11.8 Å². The number of carbonyl (C=O) groups is 1. The third-order valence-electron chi connectivity index (χ3n) is 4.91. The standard InChI is InChI=1S/C20H25NO3S/c1-25-14-4-11-21-12-9-20(10-13-21,19(22)23)24-18-8-7-16-5-2-3-6-17(16)15-18/h2-3,5-8,15H,4,9-14H2,1H3,(H,22,23). The van der Waals surface area contributed by atoms with Crippen molar-refractivity contribution in [2.24, 2.45) is 0 Å². The van der Waals surface area contributed by atoms with Gasteiger partial charge >= 0.3 is 5.97 Å². The van der Waals surface area contributed by atoms with Gasteiger partial charge in [-0.3, -0.25) is 0 Å². The summed E-state index contributed by atoms with van der Waals surface area (Å²) >= 11 is 1.85. The van der Waals surface area contributed by atoms with Crippen LogP contribution in [0.15, 0.2) is 42.5 Å². The van der Waals surface area contributed by atoms with E-state index in [1.807, 2.05) is 54.2 Å². The molecule has 1 heterocycles. The molecule has 0 saturated carbocycles. The fraction of sp³-hybridized carbons (Fsp3) is 0.450. The summed E-state index contributed by atoms with van der Waals surface area (Å²) in [4.78, 5) is 14.3. The highest BCUT2D eigenvalue weighted by Gasteiger charge is 2.44. The maximum Gasteiger partial charge on any atom is 0.348 e. The summed E-state index contributed by atoms with van der Waals surface area (Å²) in [6, 6.07) is 13.8. The first-order valence-electron chi connectivity index (χ1n) is 8.75. The Kier molecular flexibility index (Phi) is 5.86. The van der Waals surface area contributed by atoms with Gasteiger partial charge in [-0.2, -0.15) is 11.8 Å². The summed E-state index contributed by atoms with van der Waals surface area (Å²) < 4.78 is 6.06. The third-order valence-corrected chi connectivity index (χ3v) is 5.61. The third kappa shape index (κ3) is 4.28. The van der Waals surface area contributed by atoms with E-state index in [2.05, 4.69) is 11.2 Å². The van der Waals surface area contributed by atoms with Crippen LogP contribution in [0.25, 0.3) is 10.8 Å². The molecule has 4 nitrogen and oxygen atoms in total. The maximum atomic E-state index is 12.0. The smallest absolute Gasteiger partial charge is 0.348 e. The first-order valence-corrected chi connectivity index (χ1v) is 10.1. The largest absolute Gasteiger partial charge is 0.478 e. The number of ether oxygens (including phenoxy) is 1. The second-order valence-electron chi connectivity index (χ2n) is 6.60. The van der Waals surface area contributed by atoms with E-state index in [4.69, 9.17) is 4.74 Å². The lowest BCUT2D eigenvalue weighted by atomic mass is 9.91. The number of piperidine rings is 1. The van der Waals surface area contributed by atoms with Crippen LogP contribution in [-0.2, 0) is 4.79 Å². The van der Waals surface area contributed by atoms with Crippen LogP contribution < -0.4 is 4.74 Å². The van der Waals surface area contributed by atoms with Gasteiger partial charge in [-0.1, -0.05) is 30.3 Å². The highest BCUT2D eigenvalue weighted by molar-refractivity contribution is 7.98. The van der Waals surface area contributed by atoms with Crippen molar-refractivity contribution in [2.75, 3.05) is 31.6 Å². The molecule has 1 saturated heterocycles. The molecule has 3 rings (SSSR count). The Hall–Kier alpha value is -1.72. The van der Waals surface area contributed by atoms with Gasteiger partial charge in [0.2, 0.25) is 5.60 Å². The van der Waals surface area contributed by atoms with Gasteiger partial charge in [0.25, 0.3) is 0 Å². The number of carboxylic acids is 1. The van der Waals surface area contributed by atoms with E-state index in [0.29, 0.717) is 18.6 Å². The van der Waals surface area contributed by atoms with Gasteiger partial charge in [0.1, 0.15) is 5.75 Å². The van der Waals surface area contributed by atoms with Gasteiger partial charge in [-0.05, 0) is 47.9 Å². The van der Waals surface area contributed by atoms with E-state index in [1.54, 1.807) is 0 Å². The van der Waals surface area contributed by atoms with Crippen LogP contribution in [0.3, 0.4) is 0 Å². The Balaban J connectivity index is 1.70. The number of nitrogens with zero attached hydrogens (tertiary/aromatic N) is 1. The number of carboxylic acid groups (broad SMARTS) is 1. The van der Waals surface area contributed by atoms with Crippen molar-refractivity contribution in [1.82, 2.24) is 4.90 Å². The number of benzene rings is 2. The minimum absolute atomic E-state index is 0.522. The SMILES string of the molecule is CSCCCN1CCC(Oc2ccc3ccccc3c2)(C(=O)O)CC1. The molecule has 2 aromatic rings. The molecule has 5 heteroatoms. The summed E-state index contributed by atoms with van der Waals surface area (Å²) in [5, 5.41) is 12.0. The van der Waals surface area contributed by atoms with Crippen molar-refractivity contribution < 1.29 is 14.6 Å². The Morgan fingerprint density at radius 1 is 1.20 bits per heavy atom. The molecule has 0 amide bonds. The van der Waals surface area contributed by atoms with Crippen molar-refractivity contribution in [2.45, 2.75) is 24.9 Å². The van der Waals surface area contributed by atoms with E-state index in [-0.39, 0.29) is 0 Å². The minimum atomic E-state index is -1.11. The molecule has 0 atom stereocenters.